The molecular weight excluding hydrogens is 272 g/mol. The first-order chi connectivity index (χ1) is 7.18. The Hall–Kier alpha value is -0.220. The van der Waals surface area contributed by atoms with Crippen LogP contribution in [0.1, 0.15) is 12.6 Å². The van der Waals surface area contributed by atoms with Crippen molar-refractivity contribution in [3.63, 3.8) is 0 Å². The van der Waals surface area contributed by atoms with Gasteiger partial charge in [-0.3, -0.25) is 0 Å². The van der Waals surface area contributed by atoms with E-state index in [4.69, 9.17) is 0 Å². The number of nitrogens with zero attached hydrogens (tertiary/aromatic N) is 2. The molecule has 15 heavy (non-hydrogen) atoms. The molecule has 1 atom stereocenters. The number of thioether (sulfide) groups is 1. The molecule has 1 aromatic heterocycles. The molecule has 82 valence electrons. The van der Waals surface area contributed by atoms with Crippen molar-refractivity contribution in [1.29, 1.82) is 0 Å². The van der Waals surface area contributed by atoms with Crippen LogP contribution in [0.2, 0.25) is 0 Å². The summed E-state index contributed by atoms with van der Waals surface area (Å²) >= 11 is 5.51. The molecule has 2 rings (SSSR count). The Morgan fingerprint density at radius 2 is 2.33 bits per heavy atom. The van der Waals surface area contributed by atoms with E-state index < -0.39 is 0 Å². The largest absolute Gasteiger partial charge is 0.352 e. The number of pyridine rings is 1. The first-order valence-corrected chi connectivity index (χ1v) is 7.11. The van der Waals surface area contributed by atoms with Crippen molar-refractivity contribution < 1.29 is 0 Å². The molecule has 0 bridgehead atoms. The van der Waals surface area contributed by atoms with E-state index in [0.717, 1.165) is 22.5 Å². The maximum absolute atomic E-state index is 4.62. The summed E-state index contributed by atoms with van der Waals surface area (Å²) in [6.07, 6.45) is 0. The summed E-state index contributed by atoms with van der Waals surface area (Å²) in [7, 11) is 0. The minimum Gasteiger partial charge on any atom is -0.352 e. The summed E-state index contributed by atoms with van der Waals surface area (Å²) in [6.45, 7) is 5.42. The monoisotopic (exact) mass is 286 g/mol. The third-order valence-corrected chi connectivity index (χ3v) is 4.70. The predicted molar refractivity (Wildman–Crippen MR) is 70.8 cm³/mol. The molecular formula is C11H15BrN2S. The fourth-order valence-electron chi connectivity index (χ4n) is 1.76. The Labute approximate surface area is 104 Å². The molecule has 4 heteroatoms. The maximum atomic E-state index is 4.62. The first kappa shape index (κ1) is 11.3. The lowest BCUT2D eigenvalue weighted by atomic mass is 10.3. The van der Waals surface area contributed by atoms with Crippen LogP contribution in [0.25, 0.3) is 0 Å². The van der Waals surface area contributed by atoms with Crippen LogP contribution in [0.3, 0.4) is 0 Å². The van der Waals surface area contributed by atoms with E-state index in [1.54, 1.807) is 0 Å². The van der Waals surface area contributed by atoms with Crippen LogP contribution in [0.5, 0.6) is 0 Å². The second kappa shape index (κ2) is 4.74. The van der Waals surface area contributed by atoms with Crippen molar-refractivity contribution in [3.05, 3.63) is 22.3 Å². The summed E-state index contributed by atoms with van der Waals surface area (Å²) in [5.41, 5.74) is 1.07. The highest BCUT2D eigenvalue weighted by molar-refractivity contribution is 9.10. The van der Waals surface area contributed by atoms with Gasteiger partial charge in [-0.1, -0.05) is 0 Å². The first-order valence-electron chi connectivity index (χ1n) is 5.16. The van der Waals surface area contributed by atoms with Gasteiger partial charge in [0.15, 0.2) is 0 Å². The molecule has 1 unspecified atom stereocenters. The average Bonchev–Trinajstić information content (AvgIpc) is 2.23. The molecule has 0 radical (unpaired) electrons. The Morgan fingerprint density at radius 1 is 1.53 bits per heavy atom. The minimum atomic E-state index is 0.594. The van der Waals surface area contributed by atoms with Gasteiger partial charge in [-0.25, -0.2) is 4.98 Å². The molecule has 0 aromatic carbocycles. The second-order valence-corrected chi connectivity index (χ2v) is 5.86. The smallest absolute Gasteiger partial charge is 0.129 e. The topological polar surface area (TPSA) is 16.1 Å². The fourth-order valence-corrected chi connectivity index (χ4v) is 2.99. The van der Waals surface area contributed by atoms with Gasteiger partial charge < -0.3 is 4.90 Å². The van der Waals surface area contributed by atoms with Gasteiger partial charge in [0.05, 0.1) is 5.69 Å². The second-order valence-electron chi connectivity index (χ2n) is 3.85. The van der Waals surface area contributed by atoms with Crippen LogP contribution in [-0.4, -0.2) is 29.1 Å². The molecule has 0 amide bonds. The summed E-state index contributed by atoms with van der Waals surface area (Å²) in [5.74, 6) is 3.53. The Balaban J connectivity index is 2.24. The van der Waals surface area contributed by atoms with Crippen LogP contribution < -0.4 is 4.90 Å². The van der Waals surface area contributed by atoms with Crippen LogP contribution in [0.15, 0.2) is 16.6 Å². The highest BCUT2D eigenvalue weighted by Gasteiger charge is 2.19. The van der Waals surface area contributed by atoms with E-state index in [1.165, 1.54) is 11.5 Å². The molecule has 0 aliphatic carbocycles. The van der Waals surface area contributed by atoms with Crippen molar-refractivity contribution in [2.75, 3.05) is 23.0 Å². The summed E-state index contributed by atoms with van der Waals surface area (Å²) in [5, 5.41) is 0. The number of hydrogen-bond donors (Lipinski definition) is 0. The zero-order chi connectivity index (χ0) is 10.8. The van der Waals surface area contributed by atoms with E-state index in [1.807, 2.05) is 18.7 Å². The third-order valence-electron chi connectivity index (χ3n) is 2.67. The molecule has 0 N–H and O–H groups in total. The van der Waals surface area contributed by atoms with Crippen molar-refractivity contribution in [2.45, 2.75) is 19.9 Å². The van der Waals surface area contributed by atoms with Crippen LogP contribution in [0, 0.1) is 6.92 Å². The maximum Gasteiger partial charge on any atom is 0.129 e. The summed E-state index contributed by atoms with van der Waals surface area (Å²) in [4.78, 5) is 7.02. The molecule has 1 aliphatic rings. The quantitative estimate of drug-likeness (QED) is 0.789. The van der Waals surface area contributed by atoms with Crippen molar-refractivity contribution in [3.8, 4) is 0 Å². The highest BCUT2D eigenvalue weighted by atomic mass is 79.9. The number of rotatable bonds is 1. The van der Waals surface area contributed by atoms with Gasteiger partial charge in [-0.15, -0.1) is 0 Å². The highest BCUT2D eigenvalue weighted by Crippen LogP contribution is 2.24. The van der Waals surface area contributed by atoms with Crippen molar-refractivity contribution >= 4 is 33.5 Å². The lowest BCUT2D eigenvalue weighted by molar-refractivity contribution is 0.688. The Bertz CT molecular complexity index is 356. The van der Waals surface area contributed by atoms with E-state index in [9.17, 15) is 0 Å². The standard InChI is InChI=1S/C11H15BrN2S/c1-8-7-15-6-5-14(8)11-4-3-10(12)9(2)13-11/h3-4,8H,5-7H2,1-2H3. The number of halogens is 1. The average molecular weight is 287 g/mol. The van der Waals surface area contributed by atoms with Gasteiger partial charge in [-0.2, -0.15) is 11.8 Å². The summed E-state index contributed by atoms with van der Waals surface area (Å²) in [6, 6.07) is 4.78. The zero-order valence-corrected chi connectivity index (χ0v) is 11.4. The molecule has 2 nitrogen and oxygen atoms in total. The normalized spacial score (nSPS) is 21.8. The van der Waals surface area contributed by atoms with Gasteiger partial charge in [0, 0.05) is 28.6 Å². The molecule has 1 aliphatic heterocycles. The Kier molecular flexibility index (Phi) is 3.57. The van der Waals surface area contributed by atoms with Crippen LogP contribution in [-0.2, 0) is 0 Å². The molecule has 1 fully saturated rings. The van der Waals surface area contributed by atoms with Gasteiger partial charge in [-0.05, 0) is 41.9 Å². The SMILES string of the molecule is Cc1nc(N2CCSCC2C)ccc1Br. The van der Waals surface area contributed by atoms with E-state index in [0.29, 0.717) is 6.04 Å². The van der Waals surface area contributed by atoms with Gasteiger partial charge in [0.1, 0.15) is 5.82 Å². The summed E-state index contributed by atoms with van der Waals surface area (Å²) < 4.78 is 1.09. The van der Waals surface area contributed by atoms with Gasteiger partial charge in [0.25, 0.3) is 0 Å². The van der Waals surface area contributed by atoms with Gasteiger partial charge in [0.2, 0.25) is 0 Å². The molecule has 1 saturated heterocycles. The fraction of sp³-hybridized carbons (Fsp3) is 0.545. The van der Waals surface area contributed by atoms with Crippen LogP contribution >= 0.6 is 27.7 Å². The predicted octanol–water partition coefficient (Wildman–Crippen LogP) is 3.09. The Morgan fingerprint density at radius 3 is 3.00 bits per heavy atom. The lowest BCUT2D eigenvalue weighted by Crippen LogP contribution is -2.40. The minimum absolute atomic E-state index is 0.594. The number of anilines is 1. The van der Waals surface area contributed by atoms with Crippen LogP contribution in [0.4, 0.5) is 5.82 Å². The number of aryl methyl sites for hydroxylation is 1. The molecule has 2 heterocycles. The van der Waals surface area contributed by atoms with Crippen molar-refractivity contribution in [2.24, 2.45) is 0 Å². The van der Waals surface area contributed by atoms with Gasteiger partial charge >= 0.3 is 0 Å². The molecule has 0 spiro atoms. The van der Waals surface area contributed by atoms with E-state index >= 15 is 0 Å². The third kappa shape index (κ3) is 2.48. The lowest BCUT2D eigenvalue weighted by Gasteiger charge is -2.34. The zero-order valence-electron chi connectivity index (χ0n) is 9.03. The number of aromatic nitrogens is 1. The van der Waals surface area contributed by atoms with Crippen molar-refractivity contribution in [1.82, 2.24) is 4.98 Å². The molecule has 0 saturated carbocycles. The van der Waals surface area contributed by atoms with E-state index in [2.05, 4.69) is 44.9 Å². The molecule has 1 aromatic rings. The number of hydrogen-bond acceptors (Lipinski definition) is 3. The van der Waals surface area contributed by atoms with E-state index in [-0.39, 0.29) is 0 Å².